The standard InChI is InChI=1S/C21H18BrClN2O3S/c22-16-10-12-17(13-11-16)29(27,28)25-20(14-15-6-2-1-3-7-15)21(26)24-19-9-5-4-8-18(19)23/h1-13,20,25H,14H2,(H,24,26)/t20-/m0/s1. The van der Waals surface area contributed by atoms with E-state index in [0.29, 0.717) is 10.7 Å². The first-order valence-corrected chi connectivity index (χ1v) is 11.4. The minimum atomic E-state index is -3.91. The number of benzene rings is 3. The molecular weight excluding hydrogens is 476 g/mol. The normalized spacial score (nSPS) is 12.3. The molecule has 2 N–H and O–H groups in total. The third kappa shape index (κ3) is 5.90. The summed E-state index contributed by atoms with van der Waals surface area (Å²) in [6.07, 6.45) is 0.187. The number of halogens is 2. The molecule has 8 heteroatoms. The van der Waals surface area contributed by atoms with Crippen LogP contribution in [0.15, 0.2) is 88.2 Å². The monoisotopic (exact) mass is 492 g/mol. The molecule has 0 spiro atoms. The zero-order valence-electron chi connectivity index (χ0n) is 15.2. The van der Waals surface area contributed by atoms with Crippen molar-refractivity contribution in [2.75, 3.05) is 5.32 Å². The van der Waals surface area contributed by atoms with Gasteiger partial charge >= 0.3 is 0 Å². The summed E-state index contributed by atoms with van der Waals surface area (Å²) in [7, 11) is -3.91. The fraction of sp³-hybridized carbons (Fsp3) is 0.0952. The SMILES string of the molecule is O=C(Nc1ccccc1Cl)[C@H](Cc1ccccc1)NS(=O)(=O)c1ccc(Br)cc1. The van der Waals surface area contributed by atoms with Crippen LogP contribution in [0.4, 0.5) is 5.69 Å². The smallest absolute Gasteiger partial charge is 0.242 e. The molecule has 0 heterocycles. The maximum Gasteiger partial charge on any atom is 0.242 e. The predicted molar refractivity (Wildman–Crippen MR) is 118 cm³/mol. The van der Waals surface area contributed by atoms with E-state index in [2.05, 4.69) is 26.0 Å². The topological polar surface area (TPSA) is 75.3 Å². The van der Waals surface area contributed by atoms with Gasteiger partial charge in [0, 0.05) is 4.47 Å². The number of hydrogen-bond donors (Lipinski definition) is 2. The Balaban J connectivity index is 1.87. The van der Waals surface area contributed by atoms with Crippen molar-refractivity contribution in [3.8, 4) is 0 Å². The molecule has 0 aromatic heterocycles. The molecule has 0 saturated heterocycles. The summed E-state index contributed by atoms with van der Waals surface area (Å²) in [6.45, 7) is 0. The van der Waals surface area contributed by atoms with Crippen LogP contribution in [0.25, 0.3) is 0 Å². The van der Waals surface area contributed by atoms with Gasteiger partial charge in [0.2, 0.25) is 15.9 Å². The lowest BCUT2D eigenvalue weighted by molar-refractivity contribution is -0.117. The second-order valence-electron chi connectivity index (χ2n) is 6.29. The first kappa shape index (κ1) is 21.5. The van der Waals surface area contributed by atoms with Crippen molar-refractivity contribution in [1.82, 2.24) is 4.72 Å². The number of anilines is 1. The van der Waals surface area contributed by atoms with Crippen LogP contribution in [0.3, 0.4) is 0 Å². The van der Waals surface area contributed by atoms with E-state index in [1.54, 1.807) is 36.4 Å². The van der Waals surface area contributed by atoms with Gasteiger partial charge in [-0.1, -0.05) is 70.0 Å². The number of amides is 1. The average molecular weight is 494 g/mol. The Bertz CT molecular complexity index is 1090. The second-order valence-corrected chi connectivity index (χ2v) is 9.32. The van der Waals surface area contributed by atoms with E-state index in [9.17, 15) is 13.2 Å². The van der Waals surface area contributed by atoms with E-state index in [1.807, 2.05) is 30.3 Å². The van der Waals surface area contributed by atoms with Gasteiger partial charge in [-0.2, -0.15) is 4.72 Å². The van der Waals surface area contributed by atoms with Crippen LogP contribution in [0, 0.1) is 0 Å². The van der Waals surface area contributed by atoms with Crippen LogP contribution in [0.5, 0.6) is 0 Å². The average Bonchev–Trinajstić information content (AvgIpc) is 2.70. The summed E-state index contributed by atoms with van der Waals surface area (Å²) in [6, 6.07) is 21.2. The summed E-state index contributed by atoms with van der Waals surface area (Å²) in [5.41, 5.74) is 1.24. The largest absolute Gasteiger partial charge is 0.323 e. The maximum absolute atomic E-state index is 12.9. The Kier molecular flexibility index (Phi) is 7.08. The Morgan fingerprint density at radius 3 is 2.21 bits per heavy atom. The van der Waals surface area contributed by atoms with Gasteiger partial charge in [-0.25, -0.2) is 8.42 Å². The third-order valence-electron chi connectivity index (χ3n) is 4.15. The minimum Gasteiger partial charge on any atom is -0.323 e. The highest BCUT2D eigenvalue weighted by atomic mass is 79.9. The molecule has 1 amide bonds. The molecule has 0 unspecified atom stereocenters. The van der Waals surface area contributed by atoms with Crippen LogP contribution in [-0.4, -0.2) is 20.4 Å². The molecule has 0 radical (unpaired) electrons. The minimum absolute atomic E-state index is 0.0734. The fourth-order valence-corrected chi connectivity index (χ4v) is 4.33. The summed E-state index contributed by atoms with van der Waals surface area (Å²) < 4.78 is 28.9. The van der Waals surface area contributed by atoms with Gasteiger partial charge in [0.25, 0.3) is 0 Å². The lowest BCUT2D eigenvalue weighted by Crippen LogP contribution is -2.45. The van der Waals surface area contributed by atoms with Gasteiger partial charge in [0.15, 0.2) is 0 Å². The molecular formula is C21H18BrClN2O3S. The van der Waals surface area contributed by atoms with E-state index in [0.717, 1.165) is 10.0 Å². The van der Waals surface area contributed by atoms with Gasteiger partial charge in [0.05, 0.1) is 15.6 Å². The van der Waals surface area contributed by atoms with E-state index in [4.69, 9.17) is 11.6 Å². The molecule has 3 aromatic carbocycles. The van der Waals surface area contributed by atoms with Crippen molar-refractivity contribution in [1.29, 1.82) is 0 Å². The Morgan fingerprint density at radius 1 is 0.931 bits per heavy atom. The van der Waals surface area contributed by atoms with Crippen molar-refractivity contribution < 1.29 is 13.2 Å². The molecule has 0 saturated carbocycles. The van der Waals surface area contributed by atoms with Crippen LogP contribution in [0.1, 0.15) is 5.56 Å². The Labute approximate surface area is 183 Å². The molecule has 0 aliphatic carbocycles. The number of hydrogen-bond acceptors (Lipinski definition) is 3. The molecule has 0 aliphatic rings. The van der Waals surface area contributed by atoms with Crippen molar-refractivity contribution >= 4 is 49.1 Å². The van der Waals surface area contributed by atoms with Gasteiger partial charge < -0.3 is 5.32 Å². The van der Waals surface area contributed by atoms with Crippen molar-refractivity contribution in [2.45, 2.75) is 17.4 Å². The lowest BCUT2D eigenvalue weighted by Gasteiger charge is -2.19. The van der Waals surface area contributed by atoms with E-state index < -0.39 is 22.0 Å². The number of carbonyl (C=O) groups is 1. The van der Waals surface area contributed by atoms with E-state index >= 15 is 0 Å². The lowest BCUT2D eigenvalue weighted by atomic mass is 10.1. The van der Waals surface area contributed by atoms with Gasteiger partial charge in [0.1, 0.15) is 6.04 Å². The van der Waals surface area contributed by atoms with Crippen molar-refractivity contribution in [3.05, 3.63) is 93.9 Å². The number of sulfonamides is 1. The number of nitrogens with one attached hydrogen (secondary N) is 2. The number of para-hydroxylation sites is 1. The maximum atomic E-state index is 12.9. The molecule has 0 fully saturated rings. The third-order valence-corrected chi connectivity index (χ3v) is 6.50. The van der Waals surface area contributed by atoms with Crippen molar-refractivity contribution in [3.63, 3.8) is 0 Å². The Hall–Kier alpha value is -2.19. The predicted octanol–water partition coefficient (Wildman–Crippen LogP) is 4.63. The highest BCUT2D eigenvalue weighted by molar-refractivity contribution is 9.10. The summed E-state index contributed by atoms with van der Waals surface area (Å²) in [4.78, 5) is 13.0. The Morgan fingerprint density at radius 2 is 1.55 bits per heavy atom. The highest BCUT2D eigenvalue weighted by Gasteiger charge is 2.26. The van der Waals surface area contributed by atoms with Gasteiger partial charge in [-0.05, 0) is 48.4 Å². The molecule has 0 bridgehead atoms. The second kappa shape index (κ2) is 9.54. The molecule has 3 aromatic rings. The first-order chi connectivity index (χ1) is 13.8. The molecule has 1 atom stereocenters. The zero-order valence-corrected chi connectivity index (χ0v) is 18.3. The zero-order chi connectivity index (χ0) is 20.9. The van der Waals surface area contributed by atoms with E-state index in [1.165, 1.54) is 12.1 Å². The summed E-state index contributed by atoms with van der Waals surface area (Å²) in [5, 5.41) is 3.08. The highest BCUT2D eigenvalue weighted by Crippen LogP contribution is 2.21. The molecule has 5 nitrogen and oxygen atoms in total. The van der Waals surface area contributed by atoms with E-state index in [-0.39, 0.29) is 11.3 Å². The molecule has 150 valence electrons. The first-order valence-electron chi connectivity index (χ1n) is 8.72. The fourth-order valence-electron chi connectivity index (χ4n) is 2.69. The van der Waals surface area contributed by atoms with Gasteiger partial charge in [-0.3, -0.25) is 4.79 Å². The van der Waals surface area contributed by atoms with Gasteiger partial charge in [-0.15, -0.1) is 0 Å². The quantitative estimate of drug-likeness (QED) is 0.504. The van der Waals surface area contributed by atoms with Crippen molar-refractivity contribution in [2.24, 2.45) is 0 Å². The van der Waals surface area contributed by atoms with Crippen LogP contribution in [-0.2, 0) is 21.2 Å². The van der Waals surface area contributed by atoms with Crippen LogP contribution < -0.4 is 10.0 Å². The summed E-state index contributed by atoms with van der Waals surface area (Å²) in [5.74, 6) is -0.498. The summed E-state index contributed by atoms with van der Waals surface area (Å²) >= 11 is 9.40. The molecule has 29 heavy (non-hydrogen) atoms. The number of rotatable bonds is 7. The molecule has 3 rings (SSSR count). The van der Waals surface area contributed by atoms with Crippen LogP contribution in [0.2, 0.25) is 5.02 Å². The molecule has 0 aliphatic heterocycles. The number of carbonyl (C=O) groups excluding carboxylic acids is 1. The van der Waals surface area contributed by atoms with Crippen LogP contribution >= 0.6 is 27.5 Å².